The van der Waals surface area contributed by atoms with Gasteiger partial charge >= 0.3 is 6.03 Å². The number of urea groups is 1. The Bertz CT molecular complexity index is 700. The first kappa shape index (κ1) is 18.1. The van der Waals surface area contributed by atoms with E-state index in [4.69, 9.17) is 4.52 Å². The molecule has 2 fully saturated rings. The van der Waals surface area contributed by atoms with Gasteiger partial charge < -0.3 is 14.7 Å². The van der Waals surface area contributed by atoms with E-state index in [9.17, 15) is 4.79 Å². The number of likely N-dealkylation sites (tertiary alicyclic amines) is 1. The molecule has 1 aromatic heterocycles. The van der Waals surface area contributed by atoms with Crippen LogP contribution < -0.4 is 5.32 Å². The molecule has 1 saturated heterocycles. The first-order valence-electron chi connectivity index (χ1n) is 10.3. The molecule has 0 atom stereocenters. The standard InChI is InChI=1S/C22H29N3O2/c26-22(25-13-10-20(11-14-25)21-12-15-27-24-21)23-16-17-6-8-19(9-7-17)18-4-2-1-3-5-18/h1-5,12,15,17,19-20H,6-11,13-14,16H2,(H,23,26). The fourth-order valence-corrected chi connectivity index (χ4v) is 4.58. The molecule has 1 aliphatic heterocycles. The van der Waals surface area contributed by atoms with Gasteiger partial charge in [-0.05, 0) is 55.9 Å². The summed E-state index contributed by atoms with van der Waals surface area (Å²) >= 11 is 0. The third-order valence-electron chi connectivity index (χ3n) is 6.32. The van der Waals surface area contributed by atoms with Crippen LogP contribution in [0.1, 0.15) is 61.6 Å². The van der Waals surface area contributed by atoms with E-state index in [1.54, 1.807) is 6.26 Å². The first-order chi connectivity index (χ1) is 13.3. The SMILES string of the molecule is O=C(NCC1CCC(c2ccccc2)CC1)N1CCC(c2ccon2)CC1. The minimum Gasteiger partial charge on any atom is -0.365 e. The van der Waals surface area contributed by atoms with Crippen LogP contribution in [0.15, 0.2) is 47.2 Å². The molecule has 2 aromatic rings. The number of aromatic nitrogens is 1. The Kier molecular flexibility index (Phi) is 5.75. The lowest BCUT2D eigenvalue weighted by Crippen LogP contribution is -2.45. The lowest BCUT2D eigenvalue weighted by Gasteiger charge is -2.33. The Morgan fingerprint density at radius 3 is 2.41 bits per heavy atom. The highest BCUT2D eigenvalue weighted by Gasteiger charge is 2.27. The molecule has 144 valence electrons. The molecule has 1 aliphatic carbocycles. The van der Waals surface area contributed by atoms with E-state index in [0.29, 0.717) is 17.8 Å². The second-order valence-corrected chi connectivity index (χ2v) is 8.00. The molecule has 0 radical (unpaired) electrons. The summed E-state index contributed by atoms with van der Waals surface area (Å²) in [5.41, 5.74) is 2.49. The Hall–Kier alpha value is -2.30. The van der Waals surface area contributed by atoms with Crippen molar-refractivity contribution >= 4 is 6.03 Å². The molecule has 2 amide bonds. The smallest absolute Gasteiger partial charge is 0.317 e. The molecule has 2 aliphatic rings. The molecular weight excluding hydrogens is 338 g/mol. The van der Waals surface area contributed by atoms with Gasteiger partial charge in [0, 0.05) is 31.6 Å². The maximum atomic E-state index is 12.5. The molecular formula is C22H29N3O2. The van der Waals surface area contributed by atoms with Crippen molar-refractivity contribution in [3.63, 3.8) is 0 Å². The fraction of sp³-hybridized carbons (Fsp3) is 0.545. The monoisotopic (exact) mass is 367 g/mol. The molecule has 2 heterocycles. The molecule has 0 spiro atoms. The zero-order chi connectivity index (χ0) is 18.5. The van der Waals surface area contributed by atoms with Crippen LogP contribution >= 0.6 is 0 Å². The Morgan fingerprint density at radius 1 is 1.00 bits per heavy atom. The third kappa shape index (κ3) is 4.52. The summed E-state index contributed by atoms with van der Waals surface area (Å²) in [5.74, 6) is 1.72. The Morgan fingerprint density at radius 2 is 1.74 bits per heavy atom. The molecule has 1 saturated carbocycles. The van der Waals surface area contributed by atoms with Crippen LogP contribution in [-0.2, 0) is 0 Å². The molecule has 5 heteroatoms. The van der Waals surface area contributed by atoms with E-state index < -0.39 is 0 Å². The van der Waals surface area contributed by atoms with Gasteiger partial charge in [-0.15, -0.1) is 0 Å². The maximum Gasteiger partial charge on any atom is 0.317 e. The molecule has 4 rings (SSSR count). The molecule has 5 nitrogen and oxygen atoms in total. The molecule has 27 heavy (non-hydrogen) atoms. The number of rotatable bonds is 4. The highest BCUT2D eigenvalue weighted by atomic mass is 16.5. The van der Waals surface area contributed by atoms with E-state index >= 15 is 0 Å². The van der Waals surface area contributed by atoms with Crippen LogP contribution in [0.4, 0.5) is 4.79 Å². The minimum absolute atomic E-state index is 0.0961. The predicted octanol–water partition coefficient (Wildman–Crippen LogP) is 4.54. The number of benzene rings is 1. The van der Waals surface area contributed by atoms with Gasteiger partial charge in [0.25, 0.3) is 0 Å². The largest absolute Gasteiger partial charge is 0.365 e. The van der Waals surface area contributed by atoms with E-state index in [-0.39, 0.29) is 6.03 Å². The average Bonchev–Trinajstić information content (AvgIpc) is 3.28. The summed E-state index contributed by atoms with van der Waals surface area (Å²) in [5, 5.41) is 7.22. The van der Waals surface area contributed by atoms with Crippen LogP contribution in [-0.4, -0.2) is 35.7 Å². The average molecular weight is 367 g/mol. The van der Waals surface area contributed by atoms with Crippen molar-refractivity contribution < 1.29 is 9.32 Å². The quantitative estimate of drug-likeness (QED) is 0.863. The highest BCUT2D eigenvalue weighted by Crippen LogP contribution is 2.35. The van der Waals surface area contributed by atoms with Crippen LogP contribution in [0.5, 0.6) is 0 Å². The molecule has 1 aromatic carbocycles. The summed E-state index contributed by atoms with van der Waals surface area (Å²) in [6, 6.07) is 12.9. The van der Waals surface area contributed by atoms with E-state index in [1.165, 1.54) is 31.2 Å². The number of nitrogens with zero attached hydrogens (tertiary/aromatic N) is 2. The van der Waals surface area contributed by atoms with Crippen LogP contribution in [0.2, 0.25) is 0 Å². The van der Waals surface area contributed by atoms with E-state index in [1.807, 2.05) is 11.0 Å². The number of piperidine rings is 1. The van der Waals surface area contributed by atoms with Gasteiger partial charge in [-0.2, -0.15) is 0 Å². The van der Waals surface area contributed by atoms with Crippen molar-refractivity contribution in [2.75, 3.05) is 19.6 Å². The van der Waals surface area contributed by atoms with Crippen LogP contribution in [0.25, 0.3) is 0 Å². The van der Waals surface area contributed by atoms with Gasteiger partial charge in [0.2, 0.25) is 0 Å². The van der Waals surface area contributed by atoms with Crippen molar-refractivity contribution in [2.24, 2.45) is 5.92 Å². The zero-order valence-electron chi connectivity index (χ0n) is 15.8. The second-order valence-electron chi connectivity index (χ2n) is 8.00. The number of amides is 2. The van der Waals surface area contributed by atoms with Gasteiger partial charge in [-0.25, -0.2) is 4.79 Å². The fourth-order valence-electron chi connectivity index (χ4n) is 4.58. The van der Waals surface area contributed by atoms with Gasteiger partial charge in [-0.1, -0.05) is 35.5 Å². The predicted molar refractivity (Wildman–Crippen MR) is 105 cm³/mol. The summed E-state index contributed by atoms with van der Waals surface area (Å²) in [6.45, 7) is 2.40. The first-order valence-corrected chi connectivity index (χ1v) is 10.3. The number of hydrogen-bond acceptors (Lipinski definition) is 3. The number of carbonyl (C=O) groups excluding carboxylic acids is 1. The van der Waals surface area contributed by atoms with Gasteiger partial charge in [0.1, 0.15) is 6.26 Å². The lowest BCUT2D eigenvalue weighted by atomic mass is 9.79. The van der Waals surface area contributed by atoms with E-state index in [0.717, 1.165) is 38.2 Å². The van der Waals surface area contributed by atoms with Crippen molar-refractivity contribution in [1.29, 1.82) is 0 Å². The second kappa shape index (κ2) is 8.59. The summed E-state index contributed by atoms with van der Waals surface area (Å²) in [7, 11) is 0. The Labute approximate surface area is 161 Å². The summed E-state index contributed by atoms with van der Waals surface area (Å²) in [4.78, 5) is 14.5. The van der Waals surface area contributed by atoms with Crippen molar-refractivity contribution in [3.05, 3.63) is 53.9 Å². The third-order valence-corrected chi connectivity index (χ3v) is 6.32. The van der Waals surface area contributed by atoms with Crippen LogP contribution in [0, 0.1) is 5.92 Å². The van der Waals surface area contributed by atoms with Gasteiger partial charge in [0.15, 0.2) is 0 Å². The Balaban J connectivity index is 1.17. The number of hydrogen-bond donors (Lipinski definition) is 1. The topological polar surface area (TPSA) is 58.4 Å². The van der Waals surface area contributed by atoms with Crippen molar-refractivity contribution in [1.82, 2.24) is 15.4 Å². The molecule has 1 N–H and O–H groups in total. The van der Waals surface area contributed by atoms with E-state index in [2.05, 4.69) is 40.8 Å². The van der Waals surface area contributed by atoms with Gasteiger partial charge in [0.05, 0.1) is 5.69 Å². The molecule has 0 bridgehead atoms. The number of carbonyl (C=O) groups is 1. The van der Waals surface area contributed by atoms with Gasteiger partial charge in [-0.3, -0.25) is 0 Å². The maximum absolute atomic E-state index is 12.5. The zero-order valence-corrected chi connectivity index (χ0v) is 15.8. The molecule has 0 unspecified atom stereocenters. The summed E-state index contributed by atoms with van der Waals surface area (Å²) < 4.78 is 4.94. The normalized spacial score (nSPS) is 23.9. The summed E-state index contributed by atoms with van der Waals surface area (Å²) in [6.07, 6.45) is 8.41. The lowest BCUT2D eigenvalue weighted by molar-refractivity contribution is 0.177. The van der Waals surface area contributed by atoms with Crippen molar-refractivity contribution in [3.8, 4) is 0 Å². The minimum atomic E-state index is 0.0961. The highest BCUT2D eigenvalue weighted by molar-refractivity contribution is 5.74. The van der Waals surface area contributed by atoms with Crippen LogP contribution in [0.3, 0.4) is 0 Å². The van der Waals surface area contributed by atoms with Crippen molar-refractivity contribution in [2.45, 2.75) is 50.4 Å². The number of nitrogens with one attached hydrogen (secondary N) is 1.